The molecule has 1 saturated heterocycles. The average molecular weight is 221 g/mol. The highest BCUT2D eigenvalue weighted by Gasteiger charge is 2.45. The molecular weight excluding hydrogens is 204 g/mol. The zero-order valence-corrected chi connectivity index (χ0v) is 9.33. The molecule has 0 aromatic carbocycles. The Kier molecular flexibility index (Phi) is 3.03. The van der Waals surface area contributed by atoms with Crippen LogP contribution in [0.3, 0.4) is 0 Å². The van der Waals surface area contributed by atoms with Gasteiger partial charge in [0.05, 0.1) is 0 Å². The molecule has 1 saturated carbocycles. The van der Waals surface area contributed by atoms with E-state index in [1.807, 2.05) is 11.8 Å². The lowest BCUT2D eigenvalue weighted by Gasteiger charge is -2.38. The van der Waals surface area contributed by atoms with E-state index >= 15 is 0 Å². The van der Waals surface area contributed by atoms with E-state index in [0.29, 0.717) is 6.04 Å². The molecule has 82 valence electrons. The van der Waals surface area contributed by atoms with Crippen LogP contribution < -0.4 is 0 Å². The Bertz CT molecular complexity index is 196. The van der Waals surface area contributed by atoms with E-state index in [2.05, 4.69) is 11.9 Å². The van der Waals surface area contributed by atoms with Crippen LogP contribution in [0.1, 0.15) is 19.3 Å². The number of rotatable bonds is 3. The first-order chi connectivity index (χ1) is 6.57. The van der Waals surface area contributed by atoms with Crippen molar-refractivity contribution in [3.05, 3.63) is 0 Å². The van der Waals surface area contributed by atoms with Crippen molar-refractivity contribution in [2.75, 3.05) is 25.1 Å². The van der Waals surface area contributed by atoms with E-state index in [1.54, 1.807) is 0 Å². The first-order valence-electron chi connectivity index (χ1n) is 5.23. The molecule has 4 heteroatoms. The van der Waals surface area contributed by atoms with Gasteiger partial charge in [-0.2, -0.15) is 11.8 Å². The Morgan fingerprint density at radius 2 is 2.14 bits per heavy atom. The third-order valence-corrected chi connectivity index (χ3v) is 4.39. The minimum absolute atomic E-state index is 0.108. The van der Waals surface area contributed by atoms with Gasteiger partial charge in [-0.05, 0) is 25.1 Å². The molecule has 2 fully saturated rings. The molecule has 1 nitrogen and oxygen atoms in total. The Labute approximate surface area is 88.2 Å². The fourth-order valence-corrected chi connectivity index (χ4v) is 3.64. The van der Waals surface area contributed by atoms with Gasteiger partial charge in [-0.1, -0.05) is 0 Å². The van der Waals surface area contributed by atoms with E-state index in [-0.39, 0.29) is 18.8 Å². The maximum Gasteiger partial charge on any atom is 0.248 e. The van der Waals surface area contributed by atoms with Crippen LogP contribution >= 0.6 is 11.8 Å². The molecule has 1 heterocycles. The van der Waals surface area contributed by atoms with Crippen molar-refractivity contribution in [1.29, 1.82) is 0 Å². The molecule has 0 aromatic heterocycles. The molecular formula is C10H17F2NS. The smallest absolute Gasteiger partial charge is 0.248 e. The highest BCUT2D eigenvalue weighted by molar-refractivity contribution is 7.99. The summed E-state index contributed by atoms with van der Waals surface area (Å²) in [4.78, 5) is 2.28. The van der Waals surface area contributed by atoms with Crippen molar-refractivity contribution in [2.45, 2.75) is 31.2 Å². The van der Waals surface area contributed by atoms with Gasteiger partial charge in [0.15, 0.2) is 0 Å². The molecule has 1 aliphatic heterocycles. The molecule has 0 amide bonds. The zero-order valence-electron chi connectivity index (χ0n) is 8.51. The third-order valence-electron chi connectivity index (χ3n) is 3.25. The molecule has 0 aromatic rings. The summed E-state index contributed by atoms with van der Waals surface area (Å²) < 4.78 is 25.2. The number of thioether (sulfide) groups is 1. The largest absolute Gasteiger partial charge is 0.302 e. The van der Waals surface area contributed by atoms with Crippen LogP contribution in [0, 0.1) is 5.92 Å². The van der Waals surface area contributed by atoms with E-state index in [0.717, 1.165) is 6.54 Å². The van der Waals surface area contributed by atoms with Crippen LogP contribution in [-0.2, 0) is 0 Å². The van der Waals surface area contributed by atoms with Crippen molar-refractivity contribution >= 4 is 11.8 Å². The summed E-state index contributed by atoms with van der Waals surface area (Å²) in [6.45, 7) is 0.862. The SMILES string of the molecule is CN(CC1CC(F)(F)C1)C1CCSC1. The van der Waals surface area contributed by atoms with Gasteiger partial charge in [-0.3, -0.25) is 0 Å². The van der Waals surface area contributed by atoms with Crippen LogP contribution in [0.5, 0.6) is 0 Å². The predicted molar refractivity (Wildman–Crippen MR) is 56.0 cm³/mol. The minimum atomic E-state index is -2.35. The first-order valence-corrected chi connectivity index (χ1v) is 6.38. The number of hydrogen-bond donors (Lipinski definition) is 0. The second-order valence-corrected chi connectivity index (χ2v) is 5.74. The topological polar surface area (TPSA) is 3.24 Å². The number of alkyl halides is 2. The molecule has 14 heavy (non-hydrogen) atoms. The highest BCUT2D eigenvalue weighted by Crippen LogP contribution is 2.42. The fraction of sp³-hybridized carbons (Fsp3) is 1.00. The zero-order chi connectivity index (χ0) is 10.2. The van der Waals surface area contributed by atoms with Crippen LogP contribution in [-0.4, -0.2) is 42.0 Å². The van der Waals surface area contributed by atoms with E-state index in [9.17, 15) is 8.78 Å². The first kappa shape index (κ1) is 10.7. The van der Waals surface area contributed by atoms with Gasteiger partial charge < -0.3 is 4.90 Å². The Hall–Kier alpha value is 0.170. The normalized spacial score (nSPS) is 32.1. The lowest BCUT2D eigenvalue weighted by Crippen LogP contribution is -2.44. The van der Waals surface area contributed by atoms with E-state index in [1.165, 1.54) is 17.9 Å². The molecule has 0 N–H and O–H groups in total. The maximum atomic E-state index is 12.6. The van der Waals surface area contributed by atoms with Crippen molar-refractivity contribution in [1.82, 2.24) is 4.90 Å². The molecule has 1 unspecified atom stereocenters. The fourth-order valence-electron chi connectivity index (χ4n) is 2.34. The second kappa shape index (κ2) is 3.97. The van der Waals surface area contributed by atoms with E-state index in [4.69, 9.17) is 0 Å². The third kappa shape index (κ3) is 2.40. The Morgan fingerprint density at radius 3 is 2.64 bits per heavy atom. The standard InChI is InChI=1S/C10H17F2NS/c1-13(9-2-3-14-7-9)6-8-4-10(11,12)5-8/h8-9H,2-7H2,1H3. The van der Waals surface area contributed by atoms with Gasteiger partial charge in [0.1, 0.15) is 0 Å². The summed E-state index contributed by atoms with van der Waals surface area (Å²) in [6.07, 6.45) is 1.44. The van der Waals surface area contributed by atoms with E-state index < -0.39 is 5.92 Å². The number of hydrogen-bond acceptors (Lipinski definition) is 2. The average Bonchev–Trinajstić information content (AvgIpc) is 2.51. The highest BCUT2D eigenvalue weighted by atomic mass is 32.2. The monoisotopic (exact) mass is 221 g/mol. The van der Waals surface area contributed by atoms with Crippen molar-refractivity contribution in [2.24, 2.45) is 5.92 Å². The molecule has 1 atom stereocenters. The van der Waals surface area contributed by atoms with Crippen LogP contribution in [0.2, 0.25) is 0 Å². The van der Waals surface area contributed by atoms with Crippen molar-refractivity contribution < 1.29 is 8.78 Å². The summed E-state index contributed by atoms with van der Waals surface area (Å²) in [5.41, 5.74) is 0. The van der Waals surface area contributed by atoms with Gasteiger partial charge in [-0.25, -0.2) is 8.78 Å². The molecule has 1 aliphatic carbocycles. The van der Waals surface area contributed by atoms with Gasteiger partial charge in [-0.15, -0.1) is 0 Å². The molecule has 0 spiro atoms. The van der Waals surface area contributed by atoms with Gasteiger partial charge in [0.25, 0.3) is 0 Å². The molecule has 0 radical (unpaired) electrons. The lowest BCUT2D eigenvalue weighted by molar-refractivity contribution is -0.116. The summed E-state index contributed by atoms with van der Waals surface area (Å²) in [6, 6.07) is 0.634. The Balaban J connectivity index is 1.70. The quantitative estimate of drug-likeness (QED) is 0.720. The van der Waals surface area contributed by atoms with Gasteiger partial charge in [0.2, 0.25) is 5.92 Å². The lowest BCUT2D eigenvalue weighted by atomic mass is 9.81. The molecule has 0 bridgehead atoms. The van der Waals surface area contributed by atoms with Crippen molar-refractivity contribution in [3.63, 3.8) is 0 Å². The van der Waals surface area contributed by atoms with Gasteiger partial charge in [0, 0.05) is 31.2 Å². The Morgan fingerprint density at radius 1 is 1.43 bits per heavy atom. The van der Waals surface area contributed by atoms with Crippen LogP contribution in [0.25, 0.3) is 0 Å². The summed E-state index contributed by atoms with van der Waals surface area (Å²) in [5, 5.41) is 0. The summed E-state index contributed by atoms with van der Waals surface area (Å²) in [7, 11) is 2.08. The van der Waals surface area contributed by atoms with Crippen LogP contribution in [0.4, 0.5) is 8.78 Å². The number of nitrogens with zero attached hydrogens (tertiary/aromatic N) is 1. The summed E-state index contributed by atoms with van der Waals surface area (Å²) in [5.74, 6) is 0.298. The maximum absolute atomic E-state index is 12.6. The molecule has 2 rings (SSSR count). The predicted octanol–water partition coefficient (Wildman–Crippen LogP) is 2.47. The summed E-state index contributed by atoms with van der Waals surface area (Å²) >= 11 is 1.97. The molecule has 2 aliphatic rings. The van der Waals surface area contributed by atoms with Crippen molar-refractivity contribution in [3.8, 4) is 0 Å². The van der Waals surface area contributed by atoms with Crippen LogP contribution in [0.15, 0.2) is 0 Å². The van der Waals surface area contributed by atoms with Gasteiger partial charge >= 0.3 is 0 Å². The number of halogens is 2. The second-order valence-electron chi connectivity index (χ2n) is 4.59. The minimum Gasteiger partial charge on any atom is -0.302 e.